The van der Waals surface area contributed by atoms with Gasteiger partial charge in [0.2, 0.25) is 0 Å². The van der Waals surface area contributed by atoms with E-state index in [1.165, 1.54) is 11.1 Å². The van der Waals surface area contributed by atoms with Gasteiger partial charge >= 0.3 is 0 Å². The van der Waals surface area contributed by atoms with Gasteiger partial charge in [0, 0.05) is 12.2 Å². The van der Waals surface area contributed by atoms with Gasteiger partial charge in [-0.1, -0.05) is 24.3 Å². The minimum absolute atomic E-state index is 0.738. The summed E-state index contributed by atoms with van der Waals surface area (Å²) in [4.78, 5) is 0. The van der Waals surface area contributed by atoms with Crippen LogP contribution in [0.15, 0.2) is 48.5 Å². The minimum atomic E-state index is 0.738. The van der Waals surface area contributed by atoms with Crippen molar-refractivity contribution in [2.45, 2.75) is 20.3 Å². The third kappa shape index (κ3) is 4.32. The molecule has 0 aliphatic carbocycles. The molecule has 0 saturated heterocycles. The summed E-state index contributed by atoms with van der Waals surface area (Å²) in [6, 6.07) is 16.5. The standard InChI is InChI=1S/C17H21NO/c1-14-9-10-17(13-15(14)2)19-12-6-11-18-16-7-4-3-5-8-16/h3-5,7-10,13,18H,6,11-12H2,1-2H3. The summed E-state index contributed by atoms with van der Waals surface area (Å²) in [7, 11) is 0. The molecule has 2 rings (SSSR count). The number of nitrogens with one attached hydrogen (secondary N) is 1. The monoisotopic (exact) mass is 255 g/mol. The van der Waals surface area contributed by atoms with Gasteiger partial charge in [0.1, 0.15) is 5.75 Å². The van der Waals surface area contributed by atoms with E-state index in [1.54, 1.807) is 0 Å². The Balaban J connectivity index is 1.68. The summed E-state index contributed by atoms with van der Waals surface area (Å²) in [5.41, 5.74) is 3.74. The molecule has 0 aromatic heterocycles. The van der Waals surface area contributed by atoms with E-state index in [0.29, 0.717) is 0 Å². The molecule has 2 nitrogen and oxygen atoms in total. The Morgan fingerprint density at radius 3 is 2.47 bits per heavy atom. The maximum Gasteiger partial charge on any atom is 0.119 e. The number of para-hydroxylation sites is 1. The Morgan fingerprint density at radius 1 is 0.947 bits per heavy atom. The van der Waals surface area contributed by atoms with E-state index in [4.69, 9.17) is 4.74 Å². The average molecular weight is 255 g/mol. The summed E-state index contributed by atoms with van der Waals surface area (Å²) in [5.74, 6) is 0.961. The second kappa shape index (κ2) is 6.83. The molecular formula is C17H21NO. The van der Waals surface area contributed by atoms with Gasteiger partial charge in [0.15, 0.2) is 0 Å². The maximum atomic E-state index is 5.74. The third-order valence-corrected chi connectivity index (χ3v) is 3.17. The van der Waals surface area contributed by atoms with Crippen molar-refractivity contribution in [2.75, 3.05) is 18.5 Å². The second-order valence-corrected chi connectivity index (χ2v) is 4.74. The Kier molecular flexibility index (Phi) is 4.85. The Bertz CT molecular complexity index is 508. The summed E-state index contributed by atoms with van der Waals surface area (Å²) in [6.45, 7) is 5.89. The van der Waals surface area contributed by atoms with Crippen LogP contribution in [-0.4, -0.2) is 13.2 Å². The molecule has 2 heteroatoms. The lowest BCUT2D eigenvalue weighted by molar-refractivity contribution is 0.315. The van der Waals surface area contributed by atoms with Crippen LogP contribution in [0.2, 0.25) is 0 Å². The fraction of sp³-hybridized carbons (Fsp3) is 0.294. The molecule has 0 saturated carbocycles. The van der Waals surface area contributed by atoms with Crippen LogP contribution in [0.4, 0.5) is 5.69 Å². The first-order valence-electron chi connectivity index (χ1n) is 6.75. The number of ether oxygens (including phenoxy) is 1. The summed E-state index contributed by atoms with van der Waals surface area (Å²) in [5, 5.41) is 3.37. The van der Waals surface area contributed by atoms with Gasteiger partial charge in [0.25, 0.3) is 0 Å². The van der Waals surface area contributed by atoms with Crippen molar-refractivity contribution in [1.82, 2.24) is 0 Å². The summed E-state index contributed by atoms with van der Waals surface area (Å²) < 4.78 is 5.74. The Morgan fingerprint density at radius 2 is 1.74 bits per heavy atom. The minimum Gasteiger partial charge on any atom is -0.494 e. The van der Waals surface area contributed by atoms with Gasteiger partial charge < -0.3 is 10.1 Å². The first kappa shape index (κ1) is 13.5. The van der Waals surface area contributed by atoms with Crippen LogP contribution in [0.3, 0.4) is 0 Å². The van der Waals surface area contributed by atoms with Crippen LogP contribution >= 0.6 is 0 Å². The third-order valence-electron chi connectivity index (χ3n) is 3.17. The lowest BCUT2D eigenvalue weighted by Gasteiger charge is -2.09. The van der Waals surface area contributed by atoms with Crippen LogP contribution in [0.5, 0.6) is 5.75 Å². The van der Waals surface area contributed by atoms with Crippen molar-refractivity contribution in [2.24, 2.45) is 0 Å². The van der Waals surface area contributed by atoms with Gasteiger partial charge in [0.05, 0.1) is 6.61 Å². The molecular weight excluding hydrogens is 234 g/mol. The molecule has 0 radical (unpaired) electrons. The molecule has 2 aromatic rings. The largest absolute Gasteiger partial charge is 0.494 e. The SMILES string of the molecule is Cc1ccc(OCCCNc2ccccc2)cc1C. The van der Waals surface area contributed by atoms with Gasteiger partial charge in [-0.25, -0.2) is 0 Å². The number of benzene rings is 2. The van der Waals surface area contributed by atoms with Crippen molar-refractivity contribution in [1.29, 1.82) is 0 Å². The zero-order chi connectivity index (χ0) is 13.5. The highest BCUT2D eigenvalue weighted by atomic mass is 16.5. The molecule has 2 aromatic carbocycles. The molecule has 0 atom stereocenters. The number of hydrogen-bond donors (Lipinski definition) is 1. The van der Waals surface area contributed by atoms with E-state index in [2.05, 4.69) is 43.4 Å². The predicted molar refractivity (Wildman–Crippen MR) is 81.0 cm³/mol. The first-order chi connectivity index (χ1) is 9.25. The molecule has 0 heterocycles. The molecule has 0 spiro atoms. The van der Waals surface area contributed by atoms with Gasteiger partial charge in [-0.2, -0.15) is 0 Å². The Labute approximate surface area is 115 Å². The van der Waals surface area contributed by atoms with E-state index in [9.17, 15) is 0 Å². The number of hydrogen-bond acceptors (Lipinski definition) is 2. The van der Waals surface area contributed by atoms with Crippen molar-refractivity contribution in [3.05, 3.63) is 59.7 Å². The number of aryl methyl sites for hydroxylation is 2. The molecule has 0 bridgehead atoms. The predicted octanol–water partition coefficient (Wildman–Crippen LogP) is 4.18. The van der Waals surface area contributed by atoms with Crippen LogP contribution in [-0.2, 0) is 0 Å². The van der Waals surface area contributed by atoms with Crippen molar-refractivity contribution < 1.29 is 4.74 Å². The quantitative estimate of drug-likeness (QED) is 0.782. The molecule has 0 amide bonds. The van der Waals surface area contributed by atoms with Crippen molar-refractivity contribution in [3.63, 3.8) is 0 Å². The van der Waals surface area contributed by atoms with Crippen LogP contribution in [0, 0.1) is 13.8 Å². The van der Waals surface area contributed by atoms with Crippen molar-refractivity contribution in [3.8, 4) is 5.75 Å². The van der Waals surface area contributed by atoms with E-state index in [-0.39, 0.29) is 0 Å². The molecule has 0 unspecified atom stereocenters. The highest BCUT2D eigenvalue weighted by Gasteiger charge is 1.97. The lowest BCUT2D eigenvalue weighted by atomic mass is 10.1. The topological polar surface area (TPSA) is 21.3 Å². The van der Waals surface area contributed by atoms with Crippen LogP contribution in [0.1, 0.15) is 17.5 Å². The van der Waals surface area contributed by atoms with Crippen LogP contribution in [0.25, 0.3) is 0 Å². The zero-order valence-electron chi connectivity index (χ0n) is 11.6. The average Bonchev–Trinajstić information content (AvgIpc) is 2.43. The highest BCUT2D eigenvalue weighted by Crippen LogP contribution is 2.16. The lowest BCUT2D eigenvalue weighted by Crippen LogP contribution is -2.07. The van der Waals surface area contributed by atoms with E-state index in [1.807, 2.05) is 24.3 Å². The number of anilines is 1. The van der Waals surface area contributed by atoms with Crippen LogP contribution < -0.4 is 10.1 Å². The second-order valence-electron chi connectivity index (χ2n) is 4.74. The molecule has 0 fully saturated rings. The molecule has 1 N–H and O–H groups in total. The van der Waals surface area contributed by atoms with Gasteiger partial charge in [-0.15, -0.1) is 0 Å². The summed E-state index contributed by atoms with van der Waals surface area (Å²) in [6.07, 6.45) is 0.988. The summed E-state index contributed by atoms with van der Waals surface area (Å²) >= 11 is 0. The zero-order valence-corrected chi connectivity index (χ0v) is 11.6. The molecule has 0 aliphatic heterocycles. The fourth-order valence-electron chi connectivity index (χ4n) is 1.85. The first-order valence-corrected chi connectivity index (χ1v) is 6.75. The molecule has 100 valence electrons. The normalized spacial score (nSPS) is 10.2. The number of rotatable bonds is 6. The fourth-order valence-corrected chi connectivity index (χ4v) is 1.85. The van der Waals surface area contributed by atoms with Crippen molar-refractivity contribution >= 4 is 5.69 Å². The Hall–Kier alpha value is -1.96. The highest BCUT2D eigenvalue weighted by molar-refractivity contribution is 5.42. The molecule has 0 aliphatic rings. The van der Waals surface area contributed by atoms with Gasteiger partial charge in [-0.05, 0) is 55.7 Å². The molecule has 19 heavy (non-hydrogen) atoms. The smallest absolute Gasteiger partial charge is 0.119 e. The van der Waals surface area contributed by atoms with Gasteiger partial charge in [-0.3, -0.25) is 0 Å². The van der Waals surface area contributed by atoms with E-state index >= 15 is 0 Å². The van der Waals surface area contributed by atoms with E-state index in [0.717, 1.165) is 31.0 Å². The maximum absolute atomic E-state index is 5.74. The van der Waals surface area contributed by atoms with E-state index < -0.39 is 0 Å².